The molecule has 0 aromatic heterocycles. The van der Waals surface area contributed by atoms with Crippen molar-refractivity contribution in [1.29, 1.82) is 0 Å². The first kappa shape index (κ1) is 16.1. The lowest BCUT2D eigenvalue weighted by Gasteiger charge is -2.13. The Bertz CT molecular complexity index is 737. The number of benzene rings is 2. The van der Waals surface area contributed by atoms with Crippen LogP contribution in [-0.4, -0.2) is 4.99 Å². The van der Waals surface area contributed by atoms with E-state index in [4.69, 9.17) is 17.3 Å². The minimum atomic E-state index is -1.08. The molecule has 2 aromatic carbocycles. The van der Waals surface area contributed by atoms with Crippen LogP contribution in [0.4, 0.5) is 20.2 Å². The molecule has 0 unspecified atom stereocenters. The van der Waals surface area contributed by atoms with Gasteiger partial charge in [-0.2, -0.15) is 0 Å². The summed E-state index contributed by atoms with van der Waals surface area (Å²) in [4.78, 5) is -0.197. The topological polar surface area (TPSA) is 38.0 Å². The molecule has 2 nitrogen and oxygen atoms in total. The van der Waals surface area contributed by atoms with Crippen LogP contribution in [-0.2, 0) is 0 Å². The third-order valence-electron chi connectivity index (χ3n) is 2.87. The molecule has 7 heteroatoms. The minimum Gasteiger partial charge on any atom is -0.389 e. The van der Waals surface area contributed by atoms with Crippen LogP contribution in [0.3, 0.4) is 0 Å². The van der Waals surface area contributed by atoms with Gasteiger partial charge in [0.25, 0.3) is 0 Å². The number of anilines is 2. The van der Waals surface area contributed by atoms with Crippen molar-refractivity contribution >= 4 is 56.1 Å². The highest BCUT2D eigenvalue weighted by Crippen LogP contribution is 2.32. The monoisotopic (exact) mass is 390 g/mol. The molecule has 3 N–H and O–H groups in total. The van der Waals surface area contributed by atoms with Crippen molar-refractivity contribution in [2.75, 3.05) is 5.32 Å². The number of rotatable bonds is 3. The highest BCUT2D eigenvalue weighted by Gasteiger charge is 2.16. The molecular formula is C14H10BrClF2N2S. The third-order valence-corrected chi connectivity index (χ3v) is 4.15. The predicted octanol–water partition coefficient (Wildman–Crippen LogP) is 5.07. The maximum Gasteiger partial charge on any atom is 0.182 e. The Hall–Kier alpha value is -1.24. The Kier molecular flexibility index (Phi) is 4.81. The number of hydrogen-bond acceptors (Lipinski definition) is 2. The summed E-state index contributed by atoms with van der Waals surface area (Å²) < 4.78 is 28.5. The number of halogens is 4. The molecule has 0 bridgehead atoms. The van der Waals surface area contributed by atoms with Gasteiger partial charge in [-0.25, -0.2) is 8.78 Å². The van der Waals surface area contributed by atoms with E-state index in [0.717, 1.165) is 5.56 Å². The van der Waals surface area contributed by atoms with E-state index in [-0.39, 0.29) is 16.2 Å². The summed E-state index contributed by atoms with van der Waals surface area (Å²) in [6.07, 6.45) is 0. The number of nitrogens with one attached hydrogen (secondary N) is 1. The molecule has 0 saturated carbocycles. The zero-order valence-electron chi connectivity index (χ0n) is 10.8. The van der Waals surface area contributed by atoms with Gasteiger partial charge in [0, 0.05) is 15.1 Å². The van der Waals surface area contributed by atoms with Gasteiger partial charge >= 0.3 is 0 Å². The number of nitrogens with two attached hydrogens (primary N) is 1. The van der Waals surface area contributed by atoms with Gasteiger partial charge in [0.15, 0.2) is 11.6 Å². The first-order valence-corrected chi connectivity index (χ1v) is 7.39. The third kappa shape index (κ3) is 3.33. The van der Waals surface area contributed by atoms with Gasteiger partial charge in [0.05, 0.1) is 11.4 Å². The van der Waals surface area contributed by atoms with Gasteiger partial charge < -0.3 is 11.1 Å². The fourth-order valence-corrected chi connectivity index (χ4v) is 2.60. The summed E-state index contributed by atoms with van der Waals surface area (Å²) in [5.41, 5.74) is 6.55. The lowest BCUT2D eigenvalue weighted by molar-refractivity contribution is 0.510. The SMILES string of the molecule is Cc1cc(Br)c(Nc2ccc(C(N)=S)c(F)c2F)cc1Cl. The molecule has 0 aliphatic carbocycles. The van der Waals surface area contributed by atoms with Gasteiger partial charge in [0.1, 0.15) is 4.99 Å². The molecular weight excluding hydrogens is 382 g/mol. The maximum absolute atomic E-state index is 14.0. The lowest BCUT2D eigenvalue weighted by Crippen LogP contribution is -2.13. The van der Waals surface area contributed by atoms with Crippen LogP contribution < -0.4 is 11.1 Å². The number of thiocarbonyl (C=S) groups is 1. The van der Waals surface area contributed by atoms with Crippen molar-refractivity contribution in [3.63, 3.8) is 0 Å². The molecule has 21 heavy (non-hydrogen) atoms. The van der Waals surface area contributed by atoms with Crippen LogP contribution in [0.5, 0.6) is 0 Å². The second-order valence-corrected chi connectivity index (χ2v) is 6.06. The van der Waals surface area contributed by atoms with Gasteiger partial charge in [-0.1, -0.05) is 23.8 Å². The summed E-state index contributed by atoms with van der Waals surface area (Å²) in [6.45, 7) is 1.84. The smallest absolute Gasteiger partial charge is 0.182 e. The molecule has 0 radical (unpaired) electrons. The Balaban J connectivity index is 2.43. The van der Waals surface area contributed by atoms with Crippen molar-refractivity contribution in [1.82, 2.24) is 0 Å². The number of aryl methyl sites for hydroxylation is 1. The standard InChI is InChI=1S/C14H10BrClF2N2S/c1-6-4-8(15)11(5-9(6)16)20-10-3-2-7(14(19)21)12(17)13(10)18/h2-5,20H,1H3,(H2,19,21). The fraction of sp³-hybridized carbons (Fsp3) is 0.0714. The molecule has 110 valence electrons. The summed E-state index contributed by atoms with van der Waals surface area (Å²) in [6, 6.07) is 6.10. The van der Waals surface area contributed by atoms with E-state index < -0.39 is 11.6 Å². The summed E-state index contributed by atoms with van der Waals surface area (Å²) >= 11 is 14.0. The van der Waals surface area contributed by atoms with E-state index in [1.807, 2.05) is 6.92 Å². The summed E-state index contributed by atoms with van der Waals surface area (Å²) in [5, 5.41) is 3.30. The average Bonchev–Trinajstić information content (AvgIpc) is 2.40. The van der Waals surface area contributed by atoms with E-state index in [1.54, 1.807) is 12.1 Å². The second kappa shape index (κ2) is 6.25. The summed E-state index contributed by atoms with van der Waals surface area (Å²) in [7, 11) is 0. The minimum absolute atomic E-state index is 0.0341. The van der Waals surface area contributed by atoms with Crippen LogP contribution >= 0.6 is 39.7 Å². The van der Waals surface area contributed by atoms with Gasteiger partial charge in [0.2, 0.25) is 0 Å². The Labute approximate surface area is 139 Å². The normalized spacial score (nSPS) is 10.5. The first-order valence-electron chi connectivity index (χ1n) is 5.81. The van der Waals surface area contributed by atoms with E-state index in [9.17, 15) is 8.78 Å². The highest BCUT2D eigenvalue weighted by molar-refractivity contribution is 9.10. The van der Waals surface area contributed by atoms with E-state index >= 15 is 0 Å². The molecule has 0 aliphatic rings. The highest BCUT2D eigenvalue weighted by atomic mass is 79.9. The fourth-order valence-electron chi connectivity index (χ4n) is 1.72. The quantitative estimate of drug-likeness (QED) is 0.718. The van der Waals surface area contributed by atoms with Crippen LogP contribution in [0.2, 0.25) is 5.02 Å². The Morgan fingerprint density at radius 2 is 1.90 bits per heavy atom. The molecule has 2 aromatic rings. The largest absolute Gasteiger partial charge is 0.389 e. The Morgan fingerprint density at radius 3 is 2.52 bits per heavy atom. The van der Waals surface area contributed by atoms with Gasteiger partial charge in [-0.05, 0) is 52.7 Å². The van der Waals surface area contributed by atoms with Crippen molar-refractivity contribution in [2.24, 2.45) is 5.73 Å². The second-order valence-electron chi connectivity index (χ2n) is 4.36. The van der Waals surface area contributed by atoms with Crippen molar-refractivity contribution in [3.05, 3.63) is 56.5 Å². The zero-order chi connectivity index (χ0) is 15.7. The van der Waals surface area contributed by atoms with Crippen molar-refractivity contribution in [2.45, 2.75) is 6.92 Å². The summed E-state index contributed by atoms with van der Waals surface area (Å²) in [5.74, 6) is -2.13. The molecule has 0 heterocycles. The molecule has 0 saturated heterocycles. The van der Waals surface area contributed by atoms with Crippen LogP contribution in [0, 0.1) is 18.6 Å². The van der Waals surface area contributed by atoms with Crippen molar-refractivity contribution < 1.29 is 8.78 Å². The molecule has 2 rings (SSSR count). The first-order chi connectivity index (χ1) is 9.81. The molecule has 0 spiro atoms. The van der Waals surface area contributed by atoms with Crippen LogP contribution in [0.25, 0.3) is 0 Å². The van der Waals surface area contributed by atoms with Crippen LogP contribution in [0.15, 0.2) is 28.7 Å². The predicted molar refractivity (Wildman–Crippen MR) is 89.4 cm³/mol. The van der Waals surface area contributed by atoms with E-state index in [0.29, 0.717) is 15.2 Å². The van der Waals surface area contributed by atoms with Crippen molar-refractivity contribution in [3.8, 4) is 0 Å². The molecule has 0 aliphatic heterocycles. The Morgan fingerprint density at radius 1 is 1.24 bits per heavy atom. The average molecular weight is 392 g/mol. The zero-order valence-corrected chi connectivity index (χ0v) is 14.0. The molecule has 0 atom stereocenters. The van der Waals surface area contributed by atoms with Gasteiger partial charge in [-0.15, -0.1) is 0 Å². The van der Waals surface area contributed by atoms with E-state index in [1.165, 1.54) is 12.1 Å². The molecule has 0 fully saturated rings. The maximum atomic E-state index is 14.0. The van der Waals surface area contributed by atoms with E-state index in [2.05, 4.69) is 33.5 Å². The molecule has 0 amide bonds. The number of hydrogen-bond donors (Lipinski definition) is 2. The lowest BCUT2D eigenvalue weighted by atomic mass is 10.1. The van der Waals surface area contributed by atoms with Gasteiger partial charge in [-0.3, -0.25) is 0 Å². The van der Waals surface area contributed by atoms with Crippen LogP contribution in [0.1, 0.15) is 11.1 Å².